The van der Waals surface area contributed by atoms with Gasteiger partial charge in [-0.05, 0) is 55.4 Å². The minimum Gasteiger partial charge on any atom is -0.299 e. The molecule has 3 aliphatic rings. The highest BCUT2D eigenvalue weighted by Crippen LogP contribution is 2.51. The quantitative estimate of drug-likeness (QED) is 0.768. The summed E-state index contributed by atoms with van der Waals surface area (Å²) in [5.74, 6) is 3.08. The summed E-state index contributed by atoms with van der Waals surface area (Å²) in [6, 6.07) is 10.6. The van der Waals surface area contributed by atoms with Gasteiger partial charge in [0, 0.05) is 6.42 Å². The zero-order chi connectivity index (χ0) is 14.3. The van der Waals surface area contributed by atoms with Crippen molar-refractivity contribution in [2.45, 2.75) is 63.2 Å². The maximum absolute atomic E-state index is 13.2. The number of fused-ring (bicyclic) bond motifs is 2. The summed E-state index contributed by atoms with van der Waals surface area (Å²) in [5.41, 5.74) is 1.15. The molecule has 2 bridgehead atoms. The van der Waals surface area contributed by atoms with Crippen LogP contribution in [-0.4, -0.2) is 5.78 Å². The summed E-state index contributed by atoms with van der Waals surface area (Å²) >= 11 is 0. The summed E-state index contributed by atoms with van der Waals surface area (Å²) in [7, 11) is 0. The Morgan fingerprint density at radius 2 is 1.81 bits per heavy atom. The van der Waals surface area contributed by atoms with E-state index in [1.807, 2.05) is 0 Å². The molecule has 0 heterocycles. The first-order valence-electron chi connectivity index (χ1n) is 8.87. The van der Waals surface area contributed by atoms with Crippen molar-refractivity contribution in [3.8, 4) is 0 Å². The molecule has 3 atom stereocenters. The fourth-order valence-corrected chi connectivity index (χ4v) is 5.52. The molecule has 3 unspecified atom stereocenters. The van der Waals surface area contributed by atoms with Crippen molar-refractivity contribution < 1.29 is 4.79 Å². The molecule has 1 aromatic rings. The normalized spacial score (nSPS) is 33.4. The predicted molar refractivity (Wildman–Crippen MR) is 85.2 cm³/mol. The minimum atomic E-state index is -0.136. The number of carbonyl (C=O) groups excluding carboxylic acids is 1. The lowest BCUT2D eigenvalue weighted by molar-refractivity contribution is -0.125. The second kappa shape index (κ2) is 5.26. The van der Waals surface area contributed by atoms with E-state index in [0.29, 0.717) is 11.7 Å². The average Bonchev–Trinajstić information content (AvgIpc) is 3.25. The second-order valence-corrected chi connectivity index (χ2v) is 7.72. The van der Waals surface area contributed by atoms with E-state index in [2.05, 4.69) is 30.3 Å². The Hall–Kier alpha value is -1.11. The van der Waals surface area contributed by atoms with Gasteiger partial charge in [-0.25, -0.2) is 0 Å². The lowest BCUT2D eigenvalue weighted by Crippen LogP contribution is -2.35. The SMILES string of the molecule is O=C(CC1CC2CCC1C2)C1(c2ccccc2)CCCC1. The van der Waals surface area contributed by atoms with Gasteiger partial charge in [0.05, 0.1) is 5.41 Å². The average molecular weight is 282 g/mol. The topological polar surface area (TPSA) is 17.1 Å². The Morgan fingerprint density at radius 1 is 1.05 bits per heavy atom. The lowest BCUT2D eigenvalue weighted by atomic mass is 9.71. The lowest BCUT2D eigenvalue weighted by Gasteiger charge is -2.31. The minimum absolute atomic E-state index is 0.136. The summed E-state index contributed by atoms with van der Waals surface area (Å²) in [6.45, 7) is 0. The fraction of sp³-hybridized carbons (Fsp3) is 0.650. The first-order chi connectivity index (χ1) is 10.3. The molecule has 0 spiro atoms. The van der Waals surface area contributed by atoms with Gasteiger partial charge in [-0.3, -0.25) is 4.79 Å². The van der Waals surface area contributed by atoms with Crippen LogP contribution in [0.5, 0.6) is 0 Å². The van der Waals surface area contributed by atoms with E-state index < -0.39 is 0 Å². The highest BCUT2D eigenvalue weighted by Gasteiger charge is 2.46. The van der Waals surface area contributed by atoms with Gasteiger partial charge in [-0.2, -0.15) is 0 Å². The Morgan fingerprint density at radius 3 is 2.43 bits per heavy atom. The molecule has 3 saturated carbocycles. The molecule has 1 heteroatoms. The van der Waals surface area contributed by atoms with E-state index in [0.717, 1.165) is 31.1 Å². The van der Waals surface area contributed by atoms with Crippen LogP contribution in [0.25, 0.3) is 0 Å². The van der Waals surface area contributed by atoms with Crippen molar-refractivity contribution in [1.29, 1.82) is 0 Å². The molecule has 0 radical (unpaired) electrons. The van der Waals surface area contributed by atoms with E-state index in [1.165, 1.54) is 44.1 Å². The molecule has 3 fully saturated rings. The van der Waals surface area contributed by atoms with Crippen LogP contribution in [0.15, 0.2) is 30.3 Å². The molecular weight excluding hydrogens is 256 g/mol. The molecule has 0 aromatic heterocycles. The van der Waals surface area contributed by atoms with Crippen molar-refractivity contribution in [1.82, 2.24) is 0 Å². The molecule has 0 amide bonds. The van der Waals surface area contributed by atoms with Gasteiger partial charge in [0.2, 0.25) is 0 Å². The summed E-state index contributed by atoms with van der Waals surface area (Å²) < 4.78 is 0. The zero-order valence-corrected chi connectivity index (χ0v) is 12.9. The van der Waals surface area contributed by atoms with E-state index in [4.69, 9.17) is 0 Å². The van der Waals surface area contributed by atoms with Gasteiger partial charge in [0.15, 0.2) is 0 Å². The number of ketones is 1. The Bertz CT molecular complexity index is 512. The molecule has 1 nitrogen and oxygen atoms in total. The molecule has 0 aliphatic heterocycles. The predicted octanol–water partition coefficient (Wildman–Crippen LogP) is 4.89. The van der Waals surface area contributed by atoms with Gasteiger partial charge < -0.3 is 0 Å². The first-order valence-corrected chi connectivity index (χ1v) is 8.87. The van der Waals surface area contributed by atoms with Gasteiger partial charge in [-0.1, -0.05) is 49.6 Å². The highest BCUT2D eigenvalue weighted by molar-refractivity contribution is 5.90. The molecule has 0 N–H and O–H groups in total. The van der Waals surface area contributed by atoms with Crippen LogP contribution in [0.3, 0.4) is 0 Å². The first kappa shape index (κ1) is 13.5. The van der Waals surface area contributed by atoms with Crippen LogP contribution in [0.1, 0.15) is 63.4 Å². The van der Waals surface area contributed by atoms with E-state index in [-0.39, 0.29) is 5.41 Å². The second-order valence-electron chi connectivity index (χ2n) is 7.72. The van der Waals surface area contributed by atoms with Gasteiger partial charge >= 0.3 is 0 Å². The van der Waals surface area contributed by atoms with Crippen LogP contribution in [-0.2, 0) is 10.2 Å². The van der Waals surface area contributed by atoms with Gasteiger partial charge in [0.1, 0.15) is 5.78 Å². The van der Waals surface area contributed by atoms with Crippen LogP contribution in [0.2, 0.25) is 0 Å². The van der Waals surface area contributed by atoms with Gasteiger partial charge in [0.25, 0.3) is 0 Å². The third kappa shape index (κ3) is 2.25. The Balaban J connectivity index is 1.55. The third-order valence-electron chi connectivity index (χ3n) is 6.65. The summed E-state index contributed by atoms with van der Waals surface area (Å²) in [5, 5.41) is 0. The molecule has 0 saturated heterocycles. The number of carbonyl (C=O) groups is 1. The van der Waals surface area contributed by atoms with Crippen molar-refractivity contribution in [3.05, 3.63) is 35.9 Å². The maximum Gasteiger partial charge on any atom is 0.143 e. The summed E-state index contributed by atoms with van der Waals surface area (Å²) in [6.07, 6.45) is 11.0. The number of Topliss-reactive ketones (excluding diaryl/α,β-unsaturated/α-hetero) is 1. The third-order valence-corrected chi connectivity index (χ3v) is 6.65. The zero-order valence-electron chi connectivity index (χ0n) is 12.9. The number of rotatable bonds is 4. The van der Waals surface area contributed by atoms with Crippen LogP contribution >= 0.6 is 0 Å². The molecule has 3 aliphatic carbocycles. The van der Waals surface area contributed by atoms with Crippen molar-refractivity contribution in [2.75, 3.05) is 0 Å². The van der Waals surface area contributed by atoms with Crippen molar-refractivity contribution >= 4 is 5.78 Å². The Labute approximate surface area is 128 Å². The number of hydrogen-bond donors (Lipinski definition) is 0. The van der Waals surface area contributed by atoms with Crippen LogP contribution in [0.4, 0.5) is 0 Å². The number of hydrogen-bond acceptors (Lipinski definition) is 1. The Kier molecular flexibility index (Phi) is 3.40. The van der Waals surface area contributed by atoms with Crippen LogP contribution < -0.4 is 0 Å². The molecule has 4 rings (SSSR count). The van der Waals surface area contributed by atoms with Crippen LogP contribution in [0, 0.1) is 17.8 Å². The van der Waals surface area contributed by atoms with E-state index >= 15 is 0 Å². The molecule has 21 heavy (non-hydrogen) atoms. The molecule has 1 aromatic carbocycles. The van der Waals surface area contributed by atoms with Gasteiger partial charge in [-0.15, -0.1) is 0 Å². The van der Waals surface area contributed by atoms with Crippen molar-refractivity contribution in [3.63, 3.8) is 0 Å². The maximum atomic E-state index is 13.2. The number of benzene rings is 1. The fourth-order valence-electron chi connectivity index (χ4n) is 5.52. The van der Waals surface area contributed by atoms with E-state index in [1.54, 1.807) is 0 Å². The molecule has 112 valence electrons. The monoisotopic (exact) mass is 282 g/mol. The van der Waals surface area contributed by atoms with E-state index in [9.17, 15) is 4.79 Å². The van der Waals surface area contributed by atoms with Crippen molar-refractivity contribution in [2.24, 2.45) is 17.8 Å². The largest absolute Gasteiger partial charge is 0.299 e. The standard InChI is InChI=1S/C20H26O/c21-19(14-17-13-15-8-9-16(17)12-15)20(10-4-5-11-20)18-6-2-1-3-7-18/h1-3,6-7,15-17H,4-5,8-14H2. The summed E-state index contributed by atoms with van der Waals surface area (Å²) in [4.78, 5) is 13.2. The molecular formula is C20H26O. The highest BCUT2D eigenvalue weighted by atomic mass is 16.1. The smallest absolute Gasteiger partial charge is 0.143 e.